The number of aryl methyl sites for hydroxylation is 1. The maximum atomic E-state index is 12.1. The van der Waals surface area contributed by atoms with Gasteiger partial charge in [0.15, 0.2) is 0 Å². The molecule has 6 heteroatoms. The second-order valence-electron chi connectivity index (χ2n) is 5.72. The molecule has 1 atom stereocenters. The van der Waals surface area contributed by atoms with Gasteiger partial charge < -0.3 is 10.1 Å². The second-order valence-corrected chi connectivity index (χ2v) is 7.57. The molecule has 1 aromatic rings. The molecule has 1 aromatic carbocycles. The number of ether oxygens (including phenoxy) is 1. The highest BCUT2D eigenvalue weighted by Gasteiger charge is 2.23. The Hall–Kier alpha value is -1.11. The minimum Gasteiger partial charge on any atom is -0.385 e. The number of para-hydroxylation sites is 1. The number of hydrogen-bond acceptors (Lipinski definition) is 4. The summed E-state index contributed by atoms with van der Waals surface area (Å²) in [7, 11) is -3.29. The van der Waals surface area contributed by atoms with E-state index < -0.39 is 10.0 Å². The highest BCUT2D eigenvalue weighted by molar-refractivity contribution is 7.89. The first kappa shape index (κ1) is 14.8. The molecule has 0 radical (unpaired) electrons. The van der Waals surface area contributed by atoms with E-state index in [1.165, 1.54) is 5.56 Å². The molecule has 0 amide bonds. The topological polar surface area (TPSA) is 67.4 Å². The van der Waals surface area contributed by atoms with Crippen molar-refractivity contribution in [2.75, 3.05) is 24.2 Å². The van der Waals surface area contributed by atoms with Gasteiger partial charge in [0.05, 0.1) is 11.9 Å². The molecule has 2 heterocycles. The van der Waals surface area contributed by atoms with Crippen LogP contribution in [0.1, 0.15) is 30.4 Å². The molecule has 1 saturated heterocycles. The fraction of sp³-hybridized carbons (Fsp3) is 0.600. The summed E-state index contributed by atoms with van der Waals surface area (Å²) in [6.45, 7) is 1.97. The van der Waals surface area contributed by atoms with E-state index in [9.17, 15) is 8.42 Å². The zero-order valence-electron chi connectivity index (χ0n) is 12.1. The fourth-order valence-corrected chi connectivity index (χ4v) is 4.24. The third-order valence-electron chi connectivity index (χ3n) is 4.07. The number of rotatable bonds is 5. The lowest BCUT2D eigenvalue weighted by Crippen LogP contribution is -2.32. The van der Waals surface area contributed by atoms with Crippen molar-refractivity contribution in [2.45, 2.75) is 38.3 Å². The Morgan fingerprint density at radius 1 is 1.33 bits per heavy atom. The van der Waals surface area contributed by atoms with E-state index in [4.69, 9.17) is 4.74 Å². The molecule has 0 aromatic heterocycles. The number of anilines is 1. The van der Waals surface area contributed by atoms with Gasteiger partial charge in [-0.2, -0.15) is 0 Å². The Kier molecular flexibility index (Phi) is 4.47. The van der Waals surface area contributed by atoms with Gasteiger partial charge in [-0.25, -0.2) is 13.1 Å². The third-order valence-corrected chi connectivity index (χ3v) is 5.47. The standard InChI is InChI=1S/C15H22N2O3S/c18-21(19,11-14-7-3-9-20-14)17-10-13-5-1-4-12-6-2-8-16-15(12)13/h1,4-5,14,16-17H,2-3,6-11H2. The lowest BCUT2D eigenvalue weighted by atomic mass is 9.99. The van der Waals surface area contributed by atoms with E-state index in [1.807, 2.05) is 12.1 Å². The average Bonchev–Trinajstić information content (AvgIpc) is 2.97. The van der Waals surface area contributed by atoms with Crippen LogP contribution in [-0.2, 0) is 27.7 Å². The summed E-state index contributed by atoms with van der Waals surface area (Å²) in [5.41, 5.74) is 3.39. The Morgan fingerprint density at radius 3 is 3.05 bits per heavy atom. The summed E-state index contributed by atoms with van der Waals surface area (Å²) in [5, 5.41) is 3.38. The van der Waals surface area contributed by atoms with Gasteiger partial charge in [-0.05, 0) is 36.8 Å². The fourth-order valence-electron chi connectivity index (χ4n) is 3.00. The van der Waals surface area contributed by atoms with Crippen molar-refractivity contribution in [3.8, 4) is 0 Å². The lowest BCUT2D eigenvalue weighted by Gasteiger charge is -2.21. The van der Waals surface area contributed by atoms with Crippen LogP contribution in [0.15, 0.2) is 18.2 Å². The minimum atomic E-state index is -3.29. The molecule has 0 saturated carbocycles. The van der Waals surface area contributed by atoms with Crippen LogP contribution in [0.4, 0.5) is 5.69 Å². The molecule has 0 aliphatic carbocycles. The van der Waals surface area contributed by atoms with E-state index in [1.54, 1.807) is 0 Å². The van der Waals surface area contributed by atoms with E-state index in [2.05, 4.69) is 16.1 Å². The number of sulfonamides is 1. The van der Waals surface area contributed by atoms with Crippen molar-refractivity contribution >= 4 is 15.7 Å². The highest BCUT2D eigenvalue weighted by Crippen LogP contribution is 2.26. The summed E-state index contributed by atoms with van der Waals surface area (Å²) >= 11 is 0. The second kappa shape index (κ2) is 6.34. The van der Waals surface area contributed by atoms with Crippen LogP contribution < -0.4 is 10.0 Å². The van der Waals surface area contributed by atoms with Gasteiger partial charge in [0.2, 0.25) is 10.0 Å². The van der Waals surface area contributed by atoms with Crippen LogP contribution in [0.25, 0.3) is 0 Å². The molecular formula is C15H22N2O3S. The van der Waals surface area contributed by atoms with E-state index in [0.29, 0.717) is 13.2 Å². The van der Waals surface area contributed by atoms with Crippen molar-refractivity contribution in [2.24, 2.45) is 0 Å². The van der Waals surface area contributed by atoms with E-state index >= 15 is 0 Å². The van der Waals surface area contributed by atoms with Crippen LogP contribution >= 0.6 is 0 Å². The Bertz CT molecular complexity index is 595. The molecule has 116 valence electrons. The van der Waals surface area contributed by atoms with Crippen LogP contribution in [0.3, 0.4) is 0 Å². The molecule has 1 fully saturated rings. The predicted molar refractivity (Wildman–Crippen MR) is 82.9 cm³/mol. The molecule has 0 bridgehead atoms. The molecule has 5 nitrogen and oxygen atoms in total. The van der Waals surface area contributed by atoms with Gasteiger partial charge in [0, 0.05) is 25.4 Å². The van der Waals surface area contributed by atoms with Crippen molar-refractivity contribution in [1.29, 1.82) is 0 Å². The van der Waals surface area contributed by atoms with E-state index in [0.717, 1.165) is 43.5 Å². The summed E-state index contributed by atoms with van der Waals surface area (Å²) < 4.78 is 32.3. The Labute approximate surface area is 126 Å². The molecule has 0 spiro atoms. The Balaban J connectivity index is 1.64. The molecule has 21 heavy (non-hydrogen) atoms. The van der Waals surface area contributed by atoms with Crippen molar-refractivity contribution in [1.82, 2.24) is 4.72 Å². The maximum Gasteiger partial charge on any atom is 0.214 e. The van der Waals surface area contributed by atoms with Crippen LogP contribution in [0, 0.1) is 0 Å². The Morgan fingerprint density at radius 2 is 2.24 bits per heavy atom. The van der Waals surface area contributed by atoms with Gasteiger partial charge in [-0.15, -0.1) is 0 Å². The van der Waals surface area contributed by atoms with Gasteiger partial charge in [-0.3, -0.25) is 0 Å². The van der Waals surface area contributed by atoms with Crippen LogP contribution in [-0.4, -0.2) is 33.4 Å². The zero-order valence-corrected chi connectivity index (χ0v) is 12.9. The summed E-state index contributed by atoms with van der Waals surface area (Å²) in [5.74, 6) is 0.0649. The molecule has 2 aliphatic rings. The summed E-state index contributed by atoms with van der Waals surface area (Å²) in [6.07, 6.45) is 3.82. The maximum absolute atomic E-state index is 12.1. The number of fused-ring (bicyclic) bond motifs is 1. The van der Waals surface area contributed by atoms with Gasteiger partial charge in [0.25, 0.3) is 0 Å². The zero-order chi connectivity index (χ0) is 14.7. The van der Waals surface area contributed by atoms with Crippen molar-refractivity contribution in [3.05, 3.63) is 29.3 Å². The smallest absolute Gasteiger partial charge is 0.214 e. The van der Waals surface area contributed by atoms with Crippen molar-refractivity contribution < 1.29 is 13.2 Å². The SMILES string of the molecule is O=S(=O)(CC1CCCO1)NCc1cccc2c1NCCC2. The van der Waals surface area contributed by atoms with Gasteiger partial charge >= 0.3 is 0 Å². The van der Waals surface area contributed by atoms with Crippen molar-refractivity contribution in [3.63, 3.8) is 0 Å². The third kappa shape index (κ3) is 3.75. The van der Waals surface area contributed by atoms with E-state index in [-0.39, 0.29) is 11.9 Å². The van der Waals surface area contributed by atoms with Crippen LogP contribution in [0.5, 0.6) is 0 Å². The van der Waals surface area contributed by atoms with Gasteiger partial charge in [-0.1, -0.05) is 18.2 Å². The largest absolute Gasteiger partial charge is 0.385 e. The summed E-state index contributed by atoms with van der Waals surface area (Å²) in [6, 6.07) is 6.08. The summed E-state index contributed by atoms with van der Waals surface area (Å²) in [4.78, 5) is 0. The van der Waals surface area contributed by atoms with Crippen LogP contribution in [0.2, 0.25) is 0 Å². The number of nitrogens with one attached hydrogen (secondary N) is 2. The highest BCUT2D eigenvalue weighted by atomic mass is 32.2. The predicted octanol–water partition coefficient (Wildman–Crippen LogP) is 1.64. The molecular weight excluding hydrogens is 288 g/mol. The molecule has 3 rings (SSSR count). The molecule has 2 aliphatic heterocycles. The normalized spacial score (nSPS) is 21.8. The number of benzene rings is 1. The molecule has 1 unspecified atom stereocenters. The lowest BCUT2D eigenvalue weighted by molar-refractivity contribution is 0.127. The first-order valence-electron chi connectivity index (χ1n) is 7.58. The first-order chi connectivity index (χ1) is 10.1. The van der Waals surface area contributed by atoms with Gasteiger partial charge in [0.1, 0.15) is 0 Å². The quantitative estimate of drug-likeness (QED) is 0.868. The minimum absolute atomic E-state index is 0.0649. The number of hydrogen-bond donors (Lipinski definition) is 2. The first-order valence-corrected chi connectivity index (χ1v) is 9.23. The monoisotopic (exact) mass is 310 g/mol. The average molecular weight is 310 g/mol. The molecule has 2 N–H and O–H groups in total.